The van der Waals surface area contributed by atoms with Crippen LogP contribution in [-0.4, -0.2) is 24.5 Å². The summed E-state index contributed by atoms with van der Waals surface area (Å²) in [6.45, 7) is 5.25. The number of ketones is 1. The van der Waals surface area contributed by atoms with Crippen LogP contribution in [0.5, 0.6) is 5.75 Å². The number of ether oxygens (including phenoxy) is 2. The number of urea groups is 1. The Kier molecular flexibility index (Phi) is 7.83. The summed E-state index contributed by atoms with van der Waals surface area (Å²) >= 11 is 0. The van der Waals surface area contributed by atoms with Gasteiger partial charge in [-0.3, -0.25) is 4.79 Å². The van der Waals surface area contributed by atoms with E-state index in [4.69, 9.17) is 9.47 Å². The summed E-state index contributed by atoms with van der Waals surface area (Å²) in [5.74, 6) is -1.11. The van der Waals surface area contributed by atoms with Crippen molar-refractivity contribution in [1.82, 2.24) is 0 Å². The first-order chi connectivity index (χ1) is 16.5. The van der Waals surface area contributed by atoms with Gasteiger partial charge < -0.3 is 20.1 Å². The number of carbonyl (C=O) groups excluding carboxylic acids is 2. The summed E-state index contributed by atoms with van der Waals surface area (Å²) in [6, 6.07) is 6.22. The molecular weight excluding hydrogens is 468 g/mol. The van der Waals surface area contributed by atoms with E-state index in [1.807, 2.05) is 0 Å². The average Bonchev–Trinajstić information content (AvgIpc) is 2.77. The number of hydrogen-bond acceptors (Lipinski definition) is 4. The number of carbonyl (C=O) groups is 2. The minimum atomic E-state index is -4.70. The summed E-state index contributed by atoms with van der Waals surface area (Å²) in [5, 5.41) is 4.54. The second-order valence-corrected chi connectivity index (χ2v) is 7.88. The number of nitrogens with one attached hydrogen (secondary N) is 2. The van der Waals surface area contributed by atoms with Gasteiger partial charge in [0.05, 0.1) is 24.0 Å². The van der Waals surface area contributed by atoms with E-state index < -0.39 is 29.7 Å². The van der Waals surface area contributed by atoms with Crippen molar-refractivity contribution in [3.63, 3.8) is 0 Å². The standard InChI is InChI=1S/C25H24F4N2O4/c1-4-34-23-12-16(6-9-21(23)32)15-5-8-20(19(26)11-15)31-24(33)30-17-7-10-22(35-14(2)3)18(13-17)25(27,28)29/h5-8,10-14H,4,9H2,1-3H3,(H2,30,31,33). The summed E-state index contributed by atoms with van der Waals surface area (Å²) < 4.78 is 65.4. The highest BCUT2D eigenvalue weighted by molar-refractivity contribution is 6.02. The van der Waals surface area contributed by atoms with Gasteiger partial charge in [-0.25, -0.2) is 9.18 Å². The van der Waals surface area contributed by atoms with Gasteiger partial charge in [-0.15, -0.1) is 0 Å². The van der Waals surface area contributed by atoms with Gasteiger partial charge >= 0.3 is 12.2 Å². The monoisotopic (exact) mass is 492 g/mol. The van der Waals surface area contributed by atoms with Crippen LogP contribution >= 0.6 is 0 Å². The van der Waals surface area contributed by atoms with Gasteiger partial charge in [-0.05, 0) is 68.3 Å². The maximum absolute atomic E-state index is 14.7. The van der Waals surface area contributed by atoms with E-state index in [0.717, 1.165) is 12.1 Å². The van der Waals surface area contributed by atoms with Crippen LogP contribution in [0.2, 0.25) is 0 Å². The van der Waals surface area contributed by atoms with E-state index in [-0.39, 0.29) is 35.1 Å². The Balaban J connectivity index is 1.74. The molecule has 0 spiro atoms. The molecule has 0 fully saturated rings. The predicted molar refractivity (Wildman–Crippen MR) is 124 cm³/mol. The molecule has 0 aliphatic heterocycles. The highest BCUT2D eigenvalue weighted by Crippen LogP contribution is 2.38. The van der Waals surface area contributed by atoms with Crippen LogP contribution < -0.4 is 15.4 Å². The van der Waals surface area contributed by atoms with Gasteiger partial charge in [0.1, 0.15) is 11.6 Å². The minimum Gasteiger partial charge on any atom is -0.490 e. The number of amides is 2. The fourth-order valence-corrected chi connectivity index (χ4v) is 3.33. The molecule has 0 radical (unpaired) electrons. The Morgan fingerprint density at radius 2 is 1.86 bits per heavy atom. The van der Waals surface area contributed by atoms with Crippen molar-refractivity contribution in [2.75, 3.05) is 17.2 Å². The first-order valence-corrected chi connectivity index (χ1v) is 10.8. The summed E-state index contributed by atoms with van der Waals surface area (Å²) in [5.41, 5.74) is -0.310. The Hall–Kier alpha value is -3.82. The second kappa shape index (κ2) is 10.6. The van der Waals surface area contributed by atoms with Crippen LogP contribution in [-0.2, 0) is 15.7 Å². The number of allylic oxidation sites excluding steroid dienone is 4. The number of halogens is 4. The zero-order valence-electron chi connectivity index (χ0n) is 19.3. The summed E-state index contributed by atoms with van der Waals surface area (Å²) in [4.78, 5) is 24.2. The van der Waals surface area contributed by atoms with Crippen LogP contribution in [0, 0.1) is 5.82 Å². The number of anilines is 2. The third-order valence-electron chi connectivity index (χ3n) is 4.82. The van der Waals surface area contributed by atoms with Crippen molar-refractivity contribution in [3.05, 3.63) is 71.3 Å². The molecule has 6 nitrogen and oxygen atoms in total. The lowest BCUT2D eigenvalue weighted by atomic mass is 9.97. The Morgan fingerprint density at radius 1 is 1.11 bits per heavy atom. The van der Waals surface area contributed by atoms with Crippen molar-refractivity contribution in [2.24, 2.45) is 0 Å². The number of alkyl halides is 3. The second-order valence-electron chi connectivity index (χ2n) is 7.88. The molecule has 0 unspecified atom stereocenters. The molecule has 2 aromatic carbocycles. The third kappa shape index (κ3) is 6.62. The lowest BCUT2D eigenvalue weighted by Gasteiger charge is -2.18. The fourth-order valence-electron chi connectivity index (χ4n) is 3.33. The lowest BCUT2D eigenvalue weighted by molar-refractivity contribution is -0.139. The molecule has 3 rings (SSSR count). The molecule has 2 aromatic rings. The topological polar surface area (TPSA) is 76.7 Å². The minimum absolute atomic E-state index is 0.117. The maximum Gasteiger partial charge on any atom is 0.420 e. The average molecular weight is 492 g/mol. The largest absolute Gasteiger partial charge is 0.490 e. The van der Waals surface area contributed by atoms with Crippen LogP contribution in [0.1, 0.15) is 38.3 Å². The number of hydrogen-bond donors (Lipinski definition) is 2. The zero-order valence-corrected chi connectivity index (χ0v) is 19.3. The predicted octanol–water partition coefficient (Wildman–Crippen LogP) is 6.55. The Labute approximate surface area is 199 Å². The van der Waals surface area contributed by atoms with Crippen molar-refractivity contribution in [1.29, 1.82) is 0 Å². The summed E-state index contributed by atoms with van der Waals surface area (Å²) in [7, 11) is 0. The van der Waals surface area contributed by atoms with E-state index in [0.29, 0.717) is 17.7 Å². The molecule has 0 aromatic heterocycles. The SMILES string of the molecule is CCOC1=CC(c2ccc(NC(=O)Nc3ccc(OC(C)C)c(C(F)(F)F)c3)c(F)c2)=CCC1=O. The molecule has 0 saturated heterocycles. The molecule has 2 amide bonds. The first-order valence-electron chi connectivity index (χ1n) is 10.8. The first kappa shape index (κ1) is 25.8. The van der Waals surface area contributed by atoms with Gasteiger partial charge in [0.25, 0.3) is 0 Å². The molecule has 1 aliphatic rings. The number of Topliss-reactive ketones (excluding diaryl/α,β-unsaturated/α-hetero) is 1. The van der Waals surface area contributed by atoms with Gasteiger partial charge in [0.15, 0.2) is 5.76 Å². The van der Waals surface area contributed by atoms with Crippen molar-refractivity contribution < 1.29 is 36.6 Å². The molecule has 0 heterocycles. The van der Waals surface area contributed by atoms with Gasteiger partial charge in [0, 0.05) is 12.1 Å². The number of rotatable bonds is 7. The molecule has 1 aliphatic carbocycles. The summed E-state index contributed by atoms with van der Waals surface area (Å²) in [6.07, 6.45) is -1.89. The fraction of sp³-hybridized carbons (Fsp3) is 0.280. The highest BCUT2D eigenvalue weighted by Gasteiger charge is 2.35. The van der Waals surface area contributed by atoms with Gasteiger partial charge in [-0.1, -0.05) is 12.1 Å². The van der Waals surface area contributed by atoms with Crippen molar-refractivity contribution in [2.45, 2.75) is 39.5 Å². The van der Waals surface area contributed by atoms with E-state index in [1.54, 1.807) is 32.9 Å². The molecule has 0 bridgehead atoms. The van der Waals surface area contributed by atoms with Crippen molar-refractivity contribution >= 4 is 28.8 Å². The van der Waals surface area contributed by atoms with Crippen LogP contribution in [0.15, 0.2) is 54.3 Å². The van der Waals surface area contributed by atoms with Gasteiger partial charge in [-0.2, -0.15) is 13.2 Å². The molecule has 2 N–H and O–H groups in total. The van der Waals surface area contributed by atoms with E-state index >= 15 is 0 Å². The van der Waals surface area contributed by atoms with Crippen LogP contribution in [0.4, 0.5) is 33.7 Å². The van der Waals surface area contributed by atoms with Crippen LogP contribution in [0.3, 0.4) is 0 Å². The van der Waals surface area contributed by atoms with E-state index in [1.165, 1.54) is 24.3 Å². The Bertz CT molecular complexity index is 1190. The third-order valence-corrected chi connectivity index (χ3v) is 4.82. The molecule has 186 valence electrons. The van der Waals surface area contributed by atoms with E-state index in [9.17, 15) is 27.2 Å². The maximum atomic E-state index is 14.7. The smallest absolute Gasteiger partial charge is 0.420 e. The number of benzene rings is 2. The zero-order chi connectivity index (χ0) is 25.8. The molecular formula is C25H24F4N2O4. The molecule has 0 atom stereocenters. The molecule has 10 heteroatoms. The van der Waals surface area contributed by atoms with E-state index in [2.05, 4.69) is 10.6 Å². The Morgan fingerprint density at radius 3 is 2.49 bits per heavy atom. The lowest BCUT2D eigenvalue weighted by Crippen LogP contribution is -2.21. The normalized spacial score (nSPS) is 13.8. The highest BCUT2D eigenvalue weighted by atomic mass is 19.4. The molecule has 35 heavy (non-hydrogen) atoms. The quantitative estimate of drug-likeness (QED) is 0.430. The van der Waals surface area contributed by atoms with Crippen molar-refractivity contribution in [3.8, 4) is 5.75 Å². The van der Waals surface area contributed by atoms with Crippen LogP contribution in [0.25, 0.3) is 5.57 Å². The van der Waals surface area contributed by atoms with Gasteiger partial charge in [0.2, 0.25) is 5.78 Å². The molecule has 0 saturated carbocycles.